The van der Waals surface area contributed by atoms with Crippen molar-refractivity contribution < 1.29 is 13.9 Å². The number of methoxy groups -OCH3 is 1. The molecule has 2 N–H and O–H groups in total. The van der Waals surface area contributed by atoms with Gasteiger partial charge in [0.05, 0.1) is 29.7 Å². The molecule has 4 aromatic rings. The SMILES string of the molecule is COc1cc(CNCc2nc3ccccc3[nH]2)cc(Cl)c1OCc1ccc(F)cc1. The highest BCUT2D eigenvalue weighted by molar-refractivity contribution is 6.32. The molecule has 3 aromatic carbocycles. The van der Waals surface area contributed by atoms with Gasteiger partial charge in [-0.3, -0.25) is 0 Å². The zero-order valence-electron chi connectivity index (χ0n) is 16.4. The smallest absolute Gasteiger partial charge is 0.180 e. The summed E-state index contributed by atoms with van der Waals surface area (Å²) in [4.78, 5) is 7.85. The second kappa shape index (κ2) is 9.15. The van der Waals surface area contributed by atoms with Gasteiger partial charge in [0, 0.05) is 6.54 Å². The Kier molecular flexibility index (Phi) is 6.16. The van der Waals surface area contributed by atoms with Gasteiger partial charge in [-0.2, -0.15) is 0 Å². The molecule has 0 saturated carbocycles. The highest BCUT2D eigenvalue weighted by Crippen LogP contribution is 2.37. The fourth-order valence-corrected chi connectivity index (χ4v) is 3.45. The number of rotatable bonds is 8. The van der Waals surface area contributed by atoms with E-state index in [0.717, 1.165) is 28.0 Å². The molecule has 0 unspecified atom stereocenters. The number of hydrogen-bond acceptors (Lipinski definition) is 4. The molecule has 1 aromatic heterocycles. The van der Waals surface area contributed by atoms with Crippen LogP contribution in [0.2, 0.25) is 5.02 Å². The number of H-pyrrole nitrogens is 1. The van der Waals surface area contributed by atoms with Crippen LogP contribution in [0.5, 0.6) is 11.5 Å². The minimum absolute atomic E-state index is 0.264. The fraction of sp³-hybridized carbons (Fsp3) is 0.174. The van der Waals surface area contributed by atoms with Crippen molar-refractivity contribution in [1.82, 2.24) is 15.3 Å². The summed E-state index contributed by atoms with van der Waals surface area (Å²) in [5, 5.41) is 3.81. The van der Waals surface area contributed by atoms with Crippen molar-refractivity contribution in [3.05, 3.63) is 88.5 Å². The molecule has 7 heteroatoms. The molecule has 1 heterocycles. The third-order valence-corrected chi connectivity index (χ3v) is 4.93. The topological polar surface area (TPSA) is 59.2 Å². The summed E-state index contributed by atoms with van der Waals surface area (Å²) in [6, 6.07) is 17.8. The van der Waals surface area contributed by atoms with Gasteiger partial charge in [0.15, 0.2) is 11.5 Å². The molecule has 0 radical (unpaired) electrons. The van der Waals surface area contributed by atoms with Crippen LogP contribution in [0.25, 0.3) is 11.0 Å². The van der Waals surface area contributed by atoms with Gasteiger partial charge in [0.1, 0.15) is 18.2 Å². The third kappa shape index (κ3) is 4.72. The van der Waals surface area contributed by atoms with Crippen LogP contribution >= 0.6 is 11.6 Å². The van der Waals surface area contributed by atoms with Crippen molar-refractivity contribution in [2.75, 3.05) is 7.11 Å². The van der Waals surface area contributed by atoms with Gasteiger partial charge in [-0.15, -0.1) is 0 Å². The van der Waals surface area contributed by atoms with E-state index in [-0.39, 0.29) is 12.4 Å². The fourth-order valence-electron chi connectivity index (χ4n) is 3.17. The van der Waals surface area contributed by atoms with Gasteiger partial charge < -0.3 is 19.8 Å². The van der Waals surface area contributed by atoms with Crippen LogP contribution in [0.15, 0.2) is 60.7 Å². The number of aromatic nitrogens is 2. The van der Waals surface area contributed by atoms with Crippen molar-refractivity contribution in [3.8, 4) is 11.5 Å². The number of ether oxygens (including phenoxy) is 2. The van der Waals surface area contributed by atoms with Gasteiger partial charge >= 0.3 is 0 Å². The van der Waals surface area contributed by atoms with Gasteiger partial charge in [-0.05, 0) is 47.5 Å². The maximum atomic E-state index is 13.0. The number of hydrogen-bond donors (Lipinski definition) is 2. The molecule has 0 fully saturated rings. The van der Waals surface area contributed by atoms with Crippen molar-refractivity contribution in [1.29, 1.82) is 0 Å². The maximum absolute atomic E-state index is 13.0. The number of imidazole rings is 1. The van der Waals surface area contributed by atoms with Crippen molar-refractivity contribution >= 4 is 22.6 Å². The first-order valence-electron chi connectivity index (χ1n) is 9.50. The van der Waals surface area contributed by atoms with Crippen LogP contribution in [0.1, 0.15) is 17.0 Å². The lowest BCUT2D eigenvalue weighted by Crippen LogP contribution is -2.14. The van der Waals surface area contributed by atoms with Crippen LogP contribution in [0.3, 0.4) is 0 Å². The molecule has 0 bridgehead atoms. The number of fused-ring (bicyclic) bond motifs is 1. The number of para-hydroxylation sites is 2. The maximum Gasteiger partial charge on any atom is 0.180 e. The summed E-state index contributed by atoms with van der Waals surface area (Å²) in [6.07, 6.45) is 0. The number of nitrogens with one attached hydrogen (secondary N) is 2. The molecular weight excluding hydrogens is 405 g/mol. The van der Waals surface area contributed by atoms with E-state index in [1.54, 1.807) is 19.2 Å². The van der Waals surface area contributed by atoms with Crippen LogP contribution in [0.4, 0.5) is 4.39 Å². The molecule has 4 rings (SSSR count). The van der Waals surface area contributed by atoms with Gasteiger partial charge in [0.25, 0.3) is 0 Å². The highest BCUT2D eigenvalue weighted by atomic mass is 35.5. The van der Waals surface area contributed by atoms with E-state index >= 15 is 0 Å². The summed E-state index contributed by atoms with van der Waals surface area (Å²) in [5.74, 6) is 1.59. The molecular formula is C23H21ClFN3O2. The Morgan fingerprint density at radius 2 is 1.83 bits per heavy atom. The van der Waals surface area contributed by atoms with E-state index in [2.05, 4.69) is 15.3 Å². The molecule has 30 heavy (non-hydrogen) atoms. The van der Waals surface area contributed by atoms with E-state index in [0.29, 0.717) is 29.6 Å². The zero-order valence-corrected chi connectivity index (χ0v) is 17.2. The lowest BCUT2D eigenvalue weighted by molar-refractivity contribution is 0.284. The van der Waals surface area contributed by atoms with E-state index in [4.69, 9.17) is 21.1 Å². The monoisotopic (exact) mass is 425 g/mol. The first kappa shape index (κ1) is 20.2. The minimum Gasteiger partial charge on any atom is -0.493 e. The molecule has 0 spiro atoms. The largest absolute Gasteiger partial charge is 0.493 e. The summed E-state index contributed by atoms with van der Waals surface area (Å²) < 4.78 is 24.3. The molecule has 154 valence electrons. The molecule has 0 aliphatic carbocycles. The predicted octanol–water partition coefficient (Wildman–Crippen LogP) is 5.23. The number of nitrogens with zero attached hydrogens (tertiary/aromatic N) is 1. The predicted molar refractivity (Wildman–Crippen MR) is 115 cm³/mol. The Morgan fingerprint density at radius 1 is 1.03 bits per heavy atom. The lowest BCUT2D eigenvalue weighted by atomic mass is 10.2. The van der Waals surface area contributed by atoms with Crippen molar-refractivity contribution in [3.63, 3.8) is 0 Å². The highest BCUT2D eigenvalue weighted by Gasteiger charge is 2.13. The van der Waals surface area contributed by atoms with E-state index in [1.165, 1.54) is 12.1 Å². The third-order valence-electron chi connectivity index (χ3n) is 4.65. The summed E-state index contributed by atoms with van der Waals surface area (Å²) in [7, 11) is 1.57. The Balaban J connectivity index is 1.40. The van der Waals surface area contributed by atoms with Crippen LogP contribution in [0, 0.1) is 5.82 Å². The lowest BCUT2D eigenvalue weighted by Gasteiger charge is -2.14. The van der Waals surface area contributed by atoms with Gasteiger partial charge in [0.2, 0.25) is 0 Å². The first-order chi connectivity index (χ1) is 14.6. The Bertz CT molecular complexity index is 1110. The summed E-state index contributed by atoms with van der Waals surface area (Å²) in [6.45, 7) is 1.45. The average Bonchev–Trinajstić information content (AvgIpc) is 3.16. The Hall–Kier alpha value is -3.09. The number of aromatic amines is 1. The van der Waals surface area contributed by atoms with Gasteiger partial charge in [-0.25, -0.2) is 9.37 Å². The van der Waals surface area contributed by atoms with Crippen molar-refractivity contribution in [2.24, 2.45) is 0 Å². The van der Waals surface area contributed by atoms with Crippen molar-refractivity contribution in [2.45, 2.75) is 19.7 Å². The second-order valence-electron chi connectivity index (χ2n) is 6.83. The summed E-state index contributed by atoms with van der Waals surface area (Å²) in [5.41, 5.74) is 3.76. The zero-order chi connectivity index (χ0) is 20.9. The van der Waals surface area contributed by atoms with Gasteiger partial charge in [-0.1, -0.05) is 35.9 Å². The molecule has 0 aliphatic rings. The quantitative estimate of drug-likeness (QED) is 0.405. The molecule has 5 nitrogen and oxygen atoms in total. The van der Waals surface area contributed by atoms with Crippen LogP contribution in [-0.2, 0) is 19.7 Å². The first-order valence-corrected chi connectivity index (χ1v) is 9.88. The number of benzene rings is 3. The van der Waals surface area contributed by atoms with E-state index in [1.807, 2.05) is 36.4 Å². The Morgan fingerprint density at radius 3 is 2.60 bits per heavy atom. The van der Waals surface area contributed by atoms with E-state index < -0.39 is 0 Å². The standard InChI is InChI=1S/C23H21ClFN3O2/c1-29-21-11-16(12-26-13-22-27-19-4-2-3-5-20(19)28-22)10-18(24)23(21)30-14-15-6-8-17(25)9-7-15/h2-11,26H,12-14H2,1H3,(H,27,28). The van der Waals surface area contributed by atoms with Crippen LogP contribution < -0.4 is 14.8 Å². The Labute approximate surface area is 178 Å². The summed E-state index contributed by atoms with van der Waals surface area (Å²) >= 11 is 6.44. The van der Waals surface area contributed by atoms with E-state index in [9.17, 15) is 4.39 Å². The number of halogens is 2. The molecule has 0 atom stereocenters. The molecule has 0 amide bonds. The minimum atomic E-state index is -0.283. The molecule has 0 saturated heterocycles. The van der Waals surface area contributed by atoms with Crippen LogP contribution in [-0.4, -0.2) is 17.1 Å². The average molecular weight is 426 g/mol. The second-order valence-corrected chi connectivity index (χ2v) is 7.24. The molecule has 0 aliphatic heterocycles. The normalized spacial score (nSPS) is 11.0.